The van der Waals surface area contributed by atoms with Crippen LogP contribution in [0.2, 0.25) is 0 Å². The first-order chi connectivity index (χ1) is 14.3. The summed E-state index contributed by atoms with van der Waals surface area (Å²) >= 11 is 0. The van der Waals surface area contributed by atoms with Gasteiger partial charge in [0.15, 0.2) is 11.5 Å². The van der Waals surface area contributed by atoms with Gasteiger partial charge in [-0.3, -0.25) is 4.90 Å². The Morgan fingerprint density at radius 3 is 2.72 bits per heavy atom. The number of hydrogen-bond acceptors (Lipinski definition) is 6. The Labute approximate surface area is 171 Å². The summed E-state index contributed by atoms with van der Waals surface area (Å²) in [7, 11) is 3.34. The molecule has 0 spiro atoms. The lowest BCUT2D eigenvalue weighted by molar-refractivity contribution is 0.0160. The lowest BCUT2D eigenvalue weighted by Gasteiger charge is -2.35. The standard InChI is InChI=1S/C22H28N4O3/c1-27-21-7-6-17(13-22(21)28-2)20(25-9-11-29-12-10-25)16-23-14-18-15-24-26-8-4-3-5-19(18)26/h3-8,13,15,20,23H,9-12,14,16H2,1-2H3. The predicted molar refractivity (Wildman–Crippen MR) is 112 cm³/mol. The first kappa shape index (κ1) is 19.7. The van der Waals surface area contributed by atoms with Gasteiger partial charge < -0.3 is 19.5 Å². The maximum Gasteiger partial charge on any atom is 0.161 e. The SMILES string of the molecule is COc1ccc(C(CNCc2cnn3ccccc23)N2CCOCC2)cc1OC. The molecule has 3 heterocycles. The Hall–Kier alpha value is -2.61. The Bertz CT molecular complexity index is 937. The quantitative estimate of drug-likeness (QED) is 0.631. The zero-order valence-electron chi connectivity index (χ0n) is 17.0. The van der Waals surface area contributed by atoms with Gasteiger partial charge in [0, 0.05) is 44.0 Å². The Balaban J connectivity index is 1.51. The maximum absolute atomic E-state index is 5.56. The molecule has 0 saturated carbocycles. The summed E-state index contributed by atoms with van der Waals surface area (Å²) in [4.78, 5) is 2.47. The molecular weight excluding hydrogens is 368 g/mol. The number of benzene rings is 1. The number of nitrogens with one attached hydrogen (secondary N) is 1. The Morgan fingerprint density at radius 2 is 1.93 bits per heavy atom. The van der Waals surface area contributed by atoms with E-state index in [0.29, 0.717) is 0 Å². The molecule has 4 rings (SSSR count). The molecule has 1 atom stereocenters. The molecule has 0 amide bonds. The van der Waals surface area contributed by atoms with E-state index in [9.17, 15) is 0 Å². The van der Waals surface area contributed by atoms with E-state index < -0.39 is 0 Å². The van der Waals surface area contributed by atoms with Crippen molar-refractivity contribution in [3.8, 4) is 11.5 Å². The fraction of sp³-hybridized carbons (Fsp3) is 0.409. The lowest BCUT2D eigenvalue weighted by atomic mass is 10.0. The van der Waals surface area contributed by atoms with E-state index in [-0.39, 0.29) is 6.04 Å². The Kier molecular flexibility index (Phi) is 6.29. The molecular formula is C22H28N4O3. The van der Waals surface area contributed by atoms with Crippen molar-refractivity contribution >= 4 is 5.52 Å². The second-order valence-corrected chi connectivity index (χ2v) is 7.11. The fourth-order valence-electron chi connectivity index (χ4n) is 3.87. The highest BCUT2D eigenvalue weighted by atomic mass is 16.5. The molecule has 0 bridgehead atoms. The number of rotatable bonds is 8. The first-order valence-electron chi connectivity index (χ1n) is 9.96. The first-order valence-corrected chi connectivity index (χ1v) is 9.96. The number of fused-ring (bicyclic) bond motifs is 1. The number of aromatic nitrogens is 2. The van der Waals surface area contributed by atoms with Gasteiger partial charge in [-0.1, -0.05) is 12.1 Å². The molecule has 7 heteroatoms. The van der Waals surface area contributed by atoms with Crippen LogP contribution in [0.4, 0.5) is 0 Å². The molecule has 2 aromatic heterocycles. The van der Waals surface area contributed by atoms with Crippen LogP contribution in [0.1, 0.15) is 17.2 Å². The van der Waals surface area contributed by atoms with E-state index in [1.807, 2.05) is 35.1 Å². The smallest absolute Gasteiger partial charge is 0.161 e. The number of pyridine rings is 1. The van der Waals surface area contributed by atoms with Crippen molar-refractivity contribution < 1.29 is 14.2 Å². The molecule has 154 valence electrons. The second-order valence-electron chi connectivity index (χ2n) is 7.11. The molecule has 1 unspecified atom stereocenters. The lowest BCUT2D eigenvalue weighted by Crippen LogP contribution is -2.42. The van der Waals surface area contributed by atoms with Crippen LogP contribution in [0.15, 0.2) is 48.8 Å². The molecule has 0 radical (unpaired) electrons. The largest absolute Gasteiger partial charge is 0.493 e. The fourth-order valence-corrected chi connectivity index (χ4v) is 3.87. The Morgan fingerprint density at radius 1 is 1.10 bits per heavy atom. The highest BCUT2D eigenvalue weighted by Crippen LogP contribution is 2.32. The van der Waals surface area contributed by atoms with Crippen molar-refractivity contribution in [2.75, 3.05) is 47.1 Å². The molecule has 29 heavy (non-hydrogen) atoms. The summed E-state index contributed by atoms with van der Waals surface area (Å²) in [6, 6.07) is 12.5. The summed E-state index contributed by atoms with van der Waals surface area (Å²) in [5.74, 6) is 1.50. The third kappa shape index (κ3) is 4.37. The summed E-state index contributed by atoms with van der Waals surface area (Å²) in [6.07, 6.45) is 3.90. The molecule has 0 aliphatic carbocycles. The van der Waals surface area contributed by atoms with Crippen LogP contribution < -0.4 is 14.8 Å². The molecule has 1 N–H and O–H groups in total. The van der Waals surface area contributed by atoms with Gasteiger partial charge in [0.05, 0.1) is 39.1 Å². The number of hydrogen-bond donors (Lipinski definition) is 1. The van der Waals surface area contributed by atoms with Crippen molar-refractivity contribution in [1.29, 1.82) is 0 Å². The van der Waals surface area contributed by atoms with Crippen LogP contribution in [0.25, 0.3) is 5.52 Å². The van der Waals surface area contributed by atoms with Crippen LogP contribution in [-0.2, 0) is 11.3 Å². The minimum absolute atomic E-state index is 0.223. The van der Waals surface area contributed by atoms with Crippen molar-refractivity contribution in [1.82, 2.24) is 19.8 Å². The van der Waals surface area contributed by atoms with Gasteiger partial charge in [0.2, 0.25) is 0 Å². The van der Waals surface area contributed by atoms with Crippen molar-refractivity contribution in [3.63, 3.8) is 0 Å². The zero-order valence-corrected chi connectivity index (χ0v) is 17.0. The second kappa shape index (κ2) is 9.26. The van der Waals surface area contributed by atoms with Gasteiger partial charge in [-0.05, 0) is 29.8 Å². The van der Waals surface area contributed by atoms with Crippen LogP contribution >= 0.6 is 0 Å². The molecule has 1 fully saturated rings. The zero-order chi connectivity index (χ0) is 20.1. The predicted octanol–water partition coefficient (Wildman–Crippen LogP) is 2.51. The molecule has 1 aliphatic rings. The monoisotopic (exact) mass is 396 g/mol. The number of morpholine rings is 1. The molecule has 1 aromatic carbocycles. The molecule has 3 aromatic rings. The van der Waals surface area contributed by atoms with E-state index in [0.717, 1.165) is 56.4 Å². The van der Waals surface area contributed by atoms with Gasteiger partial charge in [0.1, 0.15) is 0 Å². The van der Waals surface area contributed by atoms with Gasteiger partial charge in [0.25, 0.3) is 0 Å². The van der Waals surface area contributed by atoms with Gasteiger partial charge in [-0.25, -0.2) is 4.52 Å². The topological polar surface area (TPSA) is 60.3 Å². The van der Waals surface area contributed by atoms with Crippen molar-refractivity contribution in [3.05, 3.63) is 59.9 Å². The normalized spacial score (nSPS) is 16.1. The van der Waals surface area contributed by atoms with E-state index in [2.05, 4.69) is 33.5 Å². The minimum Gasteiger partial charge on any atom is -0.493 e. The number of methoxy groups -OCH3 is 2. The molecule has 1 aliphatic heterocycles. The van der Waals surface area contributed by atoms with Crippen LogP contribution in [0, 0.1) is 0 Å². The van der Waals surface area contributed by atoms with Crippen molar-refractivity contribution in [2.24, 2.45) is 0 Å². The highest BCUT2D eigenvalue weighted by Gasteiger charge is 2.23. The van der Waals surface area contributed by atoms with Crippen LogP contribution in [0.3, 0.4) is 0 Å². The summed E-state index contributed by atoms with van der Waals surface area (Å²) in [6.45, 7) is 4.94. The summed E-state index contributed by atoms with van der Waals surface area (Å²) < 4.78 is 18.4. The average molecular weight is 396 g/mol. The van der Waals surface area contributed by atoms with Gasteiger partial charge in [-0.15, -0.1) is 0 Å². The van der Waals surface area contributed by atoms with Crippen LogP contribution in [-0.4, -0.2) is 61.6 Å². The average Bonchev–Trinajstić information content (AvgIpc) is 3.20. The third-order valence-electron chi connectivity index (χ3n) is 5.44. The van der Waals surface area contributed by atoms with E-state index >= 15 is 0 Å². The highest BCUT2D eigenvalue weighted by molar-refractivity contribution is 5.53. The molecule has 1 saturated heterocycles. The van der Waals surface area contributed by atoms with Crippen molar-refractivity contribution in [2.45, 2.75) is 12.6 Å². The molecule has 7 nitrogen and oxygen atoms in total. The number of ether oxygens (including phenoxy) is 3. The van der Waals surface area contributed by atoms with Gasteiger partial charge in [-0.2, -0.15) is 5.10 Å². The van der Waals surface area contributed by atoms with E-state index in [4.69, 9.17) is 14.2 Å². The minimum atomic E-state index is 0.223. The van der Waals surface area contributed by atoms with Gasteiger partial charge >= 0.3 is 0 Å². The third-order valence-corrected chi connectivity index (χ3v) is 5.44. The number of nitrogens with zero attached hydrogens (tertiary/aromatic N) is 3. The summed E-state index contributed by atoms with van der Waals surface area (Å²) in [5.41, 5.74) is 3.53. The summed E-state index contributed by atoms with van der Waals surface area (Å²) in [5, 5.41) is 8.06. The van der Waals surface area contributed by atoms with E-state index in [1.54, 1.807) is 14.2 Å². The van der Waals surface area contributed by atoms with E-state index in [1.165, 1.54) is 11.1 Å². The maximum atomic E-state index is 5.56. The van der Waals surface area contributed by atoms with Crippen LogP contribution in [0.5, 0.6) is 11.5 Å².